The summed E-state index contributed by atoms with van der Waals surface area (Å²) in [5.74, 6) is 3.41. The summed E-state index contributed by atoms with van der Waals surface area (Å²) in [4.78, 5) is 2.61. The van der Waals surface area contributed by atoms with Crippen LogP contribution in [0.1, 0.15) is 24.0 Å². The van der Waals surface area contributed by atoms with Crippen molar-refractivity contribution in [3.8, 4) is 28.7 Å². The van der Waals surface area contributed by atoms with Gasteiger partial charge < -0.3 is 23.7 Å². The molecular weight excluding hydrogens is 394 g/mol. The van der Waals surface area contributed by atoms with Crippen molar-refractivity contribution in [2.75, 3.05) is 42.1 Å². The molecule has 164 valence electrons. The highest BCUT2D eigenvalue weighted by molar-refractivity contribution is 6.16. The molecule has 3 aromatic carbocycles. The molecule has 3 aromatic rings. The van der Waals surface area contributed by atoms with Crippen LogP contribution in [0.15, 0.2) is 18.2 Å². The van der Waals surface area contributed by atoms with Crippen LogP contribution in [-0.4, -0.2) is 53.0 Å². The van der Waals surface area contributed by atoms with Crippen LogP contribution in [-0.2, 0) is 13.0 Å². The van der Waals surface area contributed by atoms with E-state index in [1.807, 2.05) is 0 Å². The SMILES string of the molecule is COc1cc2c3c(c4cc(OC)c(OC)c(OC)c4c2cc1OC)CC1CCCN1C3. The van der Waals surface area contributed by atoms with Crippen LogP contribution in [0.3, 0.4) is 0 Å². The van der Waals surface area contributed by atoms with Gasteiger partial charge in [0.1, 0.15) is 0 Å². The zero-order chi connectivity index (χ0) is 21.7. The van der Waals surface area contributed by atoms with Gasteiger partial charge in [-0.05, 0) is 71.3 Å². The van der Waals surface area contributed by atoms with Gasteiger partial charge in [-0.15, -0.1) is 0 Å². The summed E-state index contributed by atoms with van der Waals surface area (Å²) in [7, 11) is 8.35. The molecule has 6 heteroatoms. The normalized spacial score (nSPS) is 18.0. The fourth-order valence-electron chi connectivity index (χ4n) is 5.51. The highest BCUT2D eigenvalue weighted by atomic mass is 16.5. The molecule has 0 bridgehead atoms. The maximum Gasteiger partial charge on any atom is 0.203 e. The van der Waals surface area contributed by atoms with Crippen molar-refractivity contribution in [2.24, 2.45) is 0 Å². The first-order chi connectivity index (χ1) is 15.1. The largest absolute Gasteiger partial charge is 0.493 e. The number of hydrogen-bond donors (Lipinski definition) is 0. The fraction of sp³-hybridized carbons (Fsp3) is 0.440. The number of benzene rings is 3. The highest BCUT2D eigenvalue weighted by Crippen LogP contribution is 2.51. The minimum Gasteiger partial charge on any atom is -0.493 e. The molecule has 0 saturated carbocycles. The molecule has 1 fully saturated rings. The van der Waals surface area contributed by atoms with Gasteiger partial charge >= 0.3 is 0 Å². The molecular formula is C25H29NO5. The number of ether oxygens (including phenoxy) is 5. The summed E-state index contributed by atoms with van der Waals surface area (Å²) in [5.41, 5.74) is 2.73. The van der Waals surface area contributed by atoms with Gasteiger partial charge in [-0.1, -0.05) is 0 Å². The van der Waals surface area contributed by atoms with Gasteiger partial charge in [0.15, 0.2) is 23.0 Å². The Kier molecular flexibility index (Phi) is 4.97. The van der Waals surface area contributed by atoms with Crippen molar-refractivity contribution in [1.82, 2.24) is 4.90 Å². The first-order valence-corrected chi connectivity index (χ1v) is 10.7. The molecule has 1 saturated heterocycles. The number of nitrogens with zero attached hydrogens (tertiary/aromatic N) is 1. The summed E-state index contributed by atoms with van der Waals surface area (Å²) in [6.07, 6.45) is 3.52. The van der Waals surface area contributed by atoms with Gasteiger partial charge in [0.2, 0.25) is 5.75 Å². The van der Waals surface area contributed by atoms with Gasteiger partial charge in [-0.25, -0.2) is 0 Å². The lowest BCUT2D eigenvalue weighted by Crippen LogP contribution is -2.35. The van der Waals surface area contributed by atoms with Crippen molar-refractivity contribution in [3.63, 3.8) is 0 Å². The van der Waals surface area contributed by atoms with Crippen molar-refractivity contribution < 1.29 is 23.7 Å². The maximum atomic E-state index is 5.92. The Balaban J connectivity index is 1.96. The Morgan fingerprint density at radius 3 is 2.00 bits per heavy atom. The molecule has 2 aliphatic heterocycles. The van der Waals surface area contributed by atoms with Crippen LogP contribution in [0.5, 0.6) is 28.7 Å². The van der Waals surface area contributed by atoms with Crippen molar-refractivity contribution in [3.05, 3.63) is 29.3 Å². The monoisotopic (exact) mass is 423 g/mol. The Bertz CT molecular complexity index is 1170. The van der Waals surface area contributed by atoms with Gasteiger partial charge in [0.05, 0.1) is 35.5 Å². The standard InChI is InChI=1S/C25H29NO5/c1-27-20-10-16-17(11-21(20)28-2)23-18(12-22(29-3)24(30-4)25(23)31-5)15-9-14-7-6-8-26(14)13-19(15)16/h10-12,14H,6-9,13H2,1-5H3. The summed E-state index contributed by atoms with van der Waals surface area (Å²) in [5, 5.41) is 4.44. The van der Waals surface area contributed by atoms with Crippen LogP contribution in [0.25, 0.3) is 21.5 Å². The molecule has 1 unspecified atom stereocenters. The average molecular weight is 424 g/mol. The van der Waals surface area contributed by atoms with Crippen LogP contribution in [0, 0.1) is 0 Å². The number of rotatable bonds is 5. The van der Waals surface area contributed by atoms with E-state index in [0.29, 0.717) is 29.0 Å². The topological polar surface area (TPSA) is 49.4 Å². The van der Waals surface area contributed by atoms with Crippen molar-refractivity contribution in [2.45, 2.75) is 31.8 Å². The van der Waals surface area contributed by atoms with Crippen LogP contribution >= 0.6 is 0 Å². The van der Waals surface area contributed by atoms with Crippen molar-refractivity contribution in [1.29, 1.82) is 0 Å². The molecule has 0 aromatic heterocycles. The van der Waals surface area contributed by atoms with Gasteiger partial charge in [0.25, 0.3) is 0 Å². The quantitative estimate of drug-likeness (QED) is 0.561. The molecule has 0 aliphatic carbocycles. The average Bonchev–Trinajstić information content (AvgIpc) is 3.28. The smallest absolute Gasteiger partial charge is 0.203 e. The number of methoxy groups -OCH3 is 5. The zero-order valence-electron chi connectivity index (χ0n) is 18.8. The Morgan fingerprint density at radius 2 is 1.35 bits per heavy atom. The van der Waals surface area contributed by atoms with E-state index >= 15 is 0 Å². The second kappa shape index (κ2) is 7.68. The van der Waals surface area contributed by atoms with E-state index < -0.39 is 0 Å². The molecule has 0 N–H and O–H groups in total. The molecule has 6 nitrogen and oxygen atoms in total. The third kappa shape index (κ3) is 2.88. The van der Waals surface area contributed by atoms with E-state index in [1.54, 1.807) is 35.5 Å². The van der Waals surface area contributed by atoms with Crippen LogP contribution < -0.4 is 23.7 Å². The summed E-state index contributed by atoms with van der Waals surface area (Å²) in [6.45, 7) is 2.10. The number of fused-ring (bicyclic) bond motifs is 7. The van der Waals surface area contributed by atoms with E-state index in [-0.39, 0.29) is 0 Å². The Hall–Kier alpha value is -2.86. The van der Waals surface area contributed by atoms with Crippen molar-refractivity contribution >= 4 is 21.5 Å². The molecule has 5 rings (SSSR count). The summed E-state index contributed by atoms with van der Waals surface area (Å²) >= 11 is 0. The van der Waals surface area contributed by atoms with Gasteiger partial charge in [-0.2, -0.15) is 0 Å². The first kappa shape index (κ1) is 20.1. The van der Waals surface area contributed by atoms with E-state index in [9.17, 15) is 0 Å². The zero-order valence-corrected chi connectivity index (χ0v) is 18.8. The molecule has 0 amide bonds. The molecule has 2 aliphatic rings. The number of hydrogen-bond acceptors (Lipinski definition) is 6. The van der Waals surface area contributed by atoms with E-state index in [1.165, 1.54) is 29.4 Å². The second-order valence-corrected chi connectivity index (χ2v) is 8.25. The third-order valence-electron chi connectivity index (χ3n) is 6.94. The molecule has 31 heavy (non-hydrogen) atoms. The molecule has 1 atom stereocenters. The fourth-order valence-corrected chi connectivity index (χ4v) is 5.51. The van der Waals surface area contributed by atoms with E-state index in [0.717, 1.165) is 41.4 Å². The van der Waals surface area contributed by atoms with E-state index in [4.69, 9.17) is 23.7 Å². The molecule has 2 heterocycles. The lowest BCUT2D eigenvalue weighted by atomic mass is 9.84. The Labute approximate surface area is 182 Å². The molecule has 0 spiro atoms. The molecule has 0 radical (unpaired) electrons. The summed E-state index contributed by atoms with van der Waals surface area (Å²) in [6, 6.07) is 6.86. The lowest BCUT2D eigenvalue weighted by Gasteiger charge is -2.34. The predicted molar refractivity (Wildman–Crippen MR) is 121 cm³/mol. The predicted octanol–water partition coefficient (Wildman–Crippen LogP) is 4.56. The minimum absolute atomic E-state index is 0.590. The van der Waals surface area contributed by atoms with Gasteiger partial charge in [0, 0.05) is 18.0 Å². The maximum absolute atomic E-state index is 5.92. The third-order valence-corrected chi connectivity index (χ3v) is 6.94. The van der Waals surface area contributed by atoms with Gasteiger partial charge in [-0.3, -0.25) is 4.90 Å². The Morgan fingerprint density at radius 1 is 0.710 bits per heavy atom. The first-order valence-electron chi connectivity index (χ1n) is 10.7. The lowest BCUT2D eigenvalue weighted by molar-refractivity contribution is 0.229. The van der Waals surface area contributed by atoms with E-state index in [2.05, 4.69) is 23.1 Å². The minimum atomic E-state index is 0.590. The van der Waals surface area contributed by atoms with Crippen LogP contribution in [0.4, 0.5) is 0 Å². The van der Waals surface area contributed by atoms with Crippen LogP contribution in [0.2, 0.25) is 0 Å². The second-order valence-electron chi connectivity index (χ2n) is 8.25. The highest BCUT2D eigenvalue weighted by Gasteiger charge is 2.34. The summed E-state index contributed by atoms with van der Waals surface area (Å²) < 4.78 is 28.6.